The van der Waals surface area contributed by atoms with Crippen molar-refractivity contribution in [2.75, 3.05) is 20.1 Å². The summed E-state index contributed by atoms with van der Waals surface area (Å²) in [6.45, 7) is 10.8. The van der Waals surface area contributed by atoms with Gasteiger partial charge in [0.1, 0.15) is 5.54 Å². The number of nitrogens with one attached hydrogen (secondary N) is 1. The van der Waals surface area contributed by atoms with Gasteiger partial charge in [0, 0.05) is 19.1 Å². The van der Waals surface area contributed by atoms with Gasteiger partial charge in [-0.05, 0) is 38.6 Å². The summed E-state index contributed by atoms with van der Waals surface area (Å²) in [5.41, 5.74) is -0.0327. The molecule has 0 heterocycles. The standard InChI is InChI=1S/C14H27N3/c1-13(2,3)11-17(5)9-8-14(4,10-15)16-12-6-7-12/h12,16H,6-9,11H2,1-5H3. The van der Waals surface area contributed by atoms with E-state index in [2.05, 4.69) is 44.1 Å². The van der Waals surface area contributed by atoms with Crippen molar-refractivity contribution in [1.29, 1.82) is 5.26 Å². The van der Waals surface area contributed by atoms with E-state index in [4.69, 9.17) is 0 Å². The molecular weight excluding hydrogens is 210 g/mol. The van der Waals surface area contributed by atoms with Crippen LogP contribution in [0.15, 0.2) is 0 Å². The minimum absolute atomic E-state index is 0.321. The molecule has 1 unspecified atom stereocenters. The van der Waals surface area contributed by atoms with Gasteiger partial charge in [-0.1, -0.05) is 20.8 Å². The van der Waals surface area contributed by atoms with Crippen LogP contribution in [0, 0.1) is 16.7 Å². The van der Waals surface area contributed by atoms with Crippen LogP contribution in [0.5, 0.6) is 0 Å². The first-order chi connectivity index (χ1) is 7.74. The molecule has 0 radical (unpaired) electrons. The number of rotatable bonds is 6. The first kappa shape index (κ1) is 14.5. The minimum atomic E-state index is -0.354. The smallest absolute Gasteiger partial charge is 0.105 e. The van der Waals surface area contributed by atoms with Crippen LogP contribution in [0.1, 0.15) is 47.0 Å². The molecule has 0 spiro atoms. The maximum absolute atomic E-state index is 9.28. The number of hydrogen-bond acceptors (Lipinski definition) is 3. The first-order valence-corrected chi connectivity index (χ1v) is 6.62. The zero-order valence-electron chi connectivity index (χ0n) is 12.0. The summed E-state index contributed by atoms with van der Waals surface area (Å²) in [7, 11) is 2.14. The molecule has 3 heteroatoms. The Balaban J connectivity index is 2.34. The first-order valence-electron chi connectivity index (χ1n) is 6.62. The van der Waals surface area contributed by atoms with Crippen molar-refractivity contribution < 1.29 is 0 Å². The molecule has 3 nitrogen and oxygen atoms in total. The monoisotopic (exact) mass is 237 g/mol. The molecule has 98 valence electrons. The SMILES string of the molecule is CN(CCC(C)(C#N)NC1CC1)CC(C)(C)C. The second kappa shape index (κ2) is 5.37. The second-order valence-corrected chi connectivity index (χ2v) is 6.91. The van der Waals surface area contributed by atoms with Crippen molar-refractivity contribution in [3.63, 3.8) is 0 Å². The van der Waals surface area contributed by atoms with Gasteiger partial charge in [0.2, 0.25) is 0 Å². The van der Waals surface area contributed by atoms with Crippen molar-refractivity contribution in [2.24, 2.45) is 5.41 Å². The van der Waals surface area contributed by atoms with Crippen LogP contribution in [-0.4, -0.2) is 36.6 Å². The summed E-state index contributed by atoms with van der Waals surface area (Å²) in [5, 5.41) is 12.7. The number of nitrogens with zero attached hydrogens (tertiary/aromatic N) is 2. The zero-order chi connectivity index (χ0) is 13.1. The molecule has 0 saturated heterocycles. The molecule has 1 aliphatic carbocycles. The molecule has 1 atom stereocenters. The maximum Gasteiger partial charge on any atom is 0.105 e. The van der Waals surface area contributed by atoms with Gasteiger partial charge in [-0.2, -0.15) is 5.26 Å². The summed E-state index contributed by atoms with van der Waals surface area (Å²) < 4.78 is 0. The lowest BCUT2D eigenvalue weighted by Crippen LogP contribution is -2.45. The Morgan fingerprint density at radius 1 is 1.29 bits per heavy atom. The van der Waals surface area contributed by atoms with Gasteiger partial charge in [0.05, 0.1) is 6.07 Å². The highest BCUT2D eigenvalue weighted by molar-refractivity contribution is 5.07. The Kier molecular flexibility index (Phi) is 4.57. The van der Waals surface area contributed by atoms with Crippen LogP contribution in [0.25, 0.3) is 0 Å². The lowest BCUT2D eigenvalue weighted by atomic mass is 9.95. The number of hydrogen-bond donors (Lipinski definition) is 1. The fourth-order valence-corrected chi connectivity index (χ4v) is 2.14. The van der Waals surface area contributed by atoms with E-state index in [0.29, 0.717) is 11.5 Å². The van der Waals surface area contributed by atoms with E-state index >= 15 is 0 Å². The average Bonchev–Trinajstić information content (AvgIpc) is 2.96. The van der Waals surface area contributed by atoms with Crippen LogP contribution < -0.4 is 5.32 Å². The number of nitriles is 1. The lowest BCUT2D eigenvalue weighted by molar-refractivity contribution is 0.210. The van der Waals surface area contributed by atoms with E-state index in [1.54, 1.807) is 0 Å². The maximum atomic E-state index is 9.28. The van der Waals surface area contributed by atoms with Crippen LogP contribution in [-0.2, 0) is 0 Å². The van der Waals surface area contributed by atoms with Gasteiger partial charge < -0.3 is 4.90 Å². The Bertz CT molecular complexity index is 283. The summed E-state index contributed by atoms with van der Waals surface area (Å²) in [5.74, 6) is 0. The Morgan fingerprint density at radius 2 is 1.88 bits per heavy atom. The van der Waals surface area contributed by atoms with Crippen molar-refractivity contribution in [3.8, 4) is 6.07 Å². The minimum Gasteiger partial charge on any atom is -0.306 e. The highest BCUT2D eigenvalue weighted by Gasteiger charge is 2.32. The van der Waals surface area contributed by atoms with Gasteiger partial charge in [0.25, 0.3) is 0 Å². The predicted molar refractivity (Wildman–Crippen MR) is 71.7 cm³/mol. The van der Waals surface area contributed by atoms with Crippen LogP contribution in [0.3, 0.4) is 0 Å². The van der Waals surface area contributed by atoms with Gasteiger partial charge in [-0.25, -0.2) is 0 Å². The molecule has 0 aromatic rings. The molecule has 0 amide bonds. The van der Waals surface area contributed by atoms with Crippen LogP contribution >= 0.6 is 0 Å². The van der Waals surface area contributed by atoms with Crippen molar-refractivity contribution in [1.82, 2.24) is 10.2 Å². The third-order valence-corrected chi connectivity index (χ3v) is 3.08. The molecule has 0 bridgehead atoms. The normalized spacial score (nSPS) is 20.1. The van der Waals surface area contributed by atoms with Gasteiger partial charge in [-0.15, -0.1) is 0 Å². The molecule has 1 fully saturated rings. The molecule has 1 N–H and O–H groups in total. The molecule has 0 aromatic carbocycles. The van der Waals surface area contributed by atoms with Gasteiger partial charge in [-0.3, -0.25) is 5.32 Å². The Labute approximate surface area is 106 Å². The summed E-state index contributed by atoms with van der Waals surface area (Å²) in [6, 6.07) is 3.02. The fraction of sp³-hybridized carbons (Fsp3) is 0.929. The van der Waals surface area contributed by atoms with E-state index < -0.39 is 0 Å². The zero-order valence-corrected chi connectivity index (χ0v) is 12.0. The highest BCUT2D eigenvalue weighted by atomic mass is 15.1. The van der Waals surface area contributed by atoms with Gasteiger partial charge in [0.15, 0.2) is 0 Å². The topological polar surface area (TPSA) is 39.1 Å². The molecular formula is C14H27N3. The van der Waals surface area contributed by atoms with E-state index in [0.717, 1.165) is 19.5 Å². The van der Waals surface area contributed by atoms with Crippen molar-refractivity contribution >= 4 is 0 Å². The van der Waals surface area contributed by atoms with Crippen molar-refractivity contribution in [2.45, 2.75) is 58.5 Å². The van der Waals surface area contributed by atoms with Gasteiger partial charge >= 0.3 is 0 Å². The molecule has 0 aromatic heterocycles. The summed E-state index contributed by atoms with van der Waals surface area (Å²) in [4.78, 5) is 2.32. The third-order valence-electron chi connectivity index (χ3n) is 3.08. The predicted octanol–water partition coefficient (Wildman–Crippen LogP) is 2.39. The Hall–Kier alpha value is -0.590. The quantitative estimate of drug-likeness (QED) is 0.771. The fourth-order valence-electron chi connectivity index (χ4n) is 2.14. The lowest BCUT2D eigenvalue weighted by Gasteiger charge is -2.30. The molecule has 1 aliphatic rings. The molecule has 1 rings (SSSR count). The largest absolute Gasteiger partial charge is 0.306 e. The third kappa shape index (κ3) is 6.05. The molecule has 17 heavy (non-hydrogen) atoms. The second-order valence-electron chi connectivity index (χ2n) is 6.91. The molecule has 0 aliphatic heterocycles. The van der Waals surface area contributed by atoms with Crippen LogP contribution in [0.2, 0.25) is 0 Å². The van der Waals surface area contributed by atoms with Crippen LogP contribution in [0.4, 0.5) is 0 Å². The van der Waals surface area contributed by atoms with Crippen molar-refractivity contribution in [3.05, 3.63) is 0 Å². The summed E-state index contributed by atoms with van der Waals surface area (Å²) >= 11 is 0. The molecule has 1 saturated carbocycles. The highest BCUT2D eigenvalue weighted by Crippen LogP contribution is 2.24. The van der Waals surface area contributed by atoms with E-state index in [1.165, 1.54) is 12.8 Å². The Morgan fingerprint density at radius 3 is 2.29 bits per heavy atom. The average molecular weight is 237 g/mol. The van der Waals surface area contributed by atoms with E-state index in [9.17, 15) is 5.26 Å². The summed E-state index contributed by atoms with van der Waals surface area (Å²) in [6.07, 6.45) is 3.36. The van der Waals surface area contributed by atoms with E-state index in [1.807, 2.05) is 6.92 Å². The van der Waals surface area contributed by atoms with E-state index in [-0.39, 0.29) is 5.54 Å².